The normalized spacial score (nSPS) is 15.6. The van der Waals surface area contributed by atoms with Crippen molar-refractivity contribution < 1.29 is 14.6 Å². The van der Waals surface area contributed by atoms with Crippen molar-refractivity contribution in [1.29, 1.82) is 0 Å². The molecule has 0 aromatic rings. The number of carbonyl (C=O) groups excluding carboxylic acids is 1. The maximum atomic E-state index is 11.0. The maximum Gasteiger partial charge on any atom is 0.322 e. The molecule has 66 valence electrons. The number of ether oxygens (including phenoxy) is 1. The van der Waals surface area contributed by atoms with Crippen LogP contribution >= 0.6 is 25.3 Å². The standard InChI is InChI=1S/C6H12O3S2/c1-6(11,4-10)5(8)9-3-2-7/h7,10-11H,2-4H2,1H3. The number of carbonyl (C=O) groups is 1. The highest BCUT2D eigenvalue weighted by Crippen LogP contribution is 2.16. The molecule has 0 radical (unpaired) electrons. The Hall–Kier alpha value is 0.130. The maximum absolute atomic E-state index is 11.0. The molecule has 0 amide bonds. The van der Waals surface area contributed by atoms with Gasteiger partial charge in [-0.1, -0.05) is 0 Å². The minimum atomic E-state index is -0.863. The average molecular weight is 196 g/mol. The summed E-state index contributed by atoms with van der Waals surface area (Å²) < 4.78 is 3.77. The number of rotatable bonds is 4. The molecule has 0 fully saturated rings. The Morgan fingerprint density at radius 2 is 2.27 bits per heavy atom. The zero-order valence-electron chi connectivity index (χ0n) is 6.28. The summed E-state index contributed by atoms with van der Waals surface area (Å²) in [7, 11) is 0. The van der Waals surface area contributed by atoms with Crippen LogP contribution in [0.25, 0.3) is 0 Å². The molecule has 0 rings (SSSR count). The zero-order valence-corrected chi connectivity index (χ0v) is 8.07. The van der Waals surface area contributed by atoms with E-state index in [9.17, 15) is 4.79 Å². The molecule has 1 unspecified atom stereocenters. The van der Waals surface area contributed by atoms with Gasteiger partial charge in [0.15, 0.2) is 0 Å². The molecule has 0 spiro atoms. The minimum absolute atomic E-state index is 0.0166. The Morgan fingerprint density at radius 3 is 2.64 bits per heavy atom. The van der Waals surface area contributed by atoms with Gasteiger partial charge in [0.05, 0.1) is 6.61 Å². The first-order valence-electron chi connectivity index (χ1n) is 3.16. The van der Waals surface area contributed by atoms with Crippen LogP contribution in [-0.4, -0.2) is 34.8 Å². The number of aliphatic hydroxyl groups excluding tert-OH is 1. The molecule has 0 aromatic carbocycles. The molecule has 3 nitrogen and oxygen atoms in total. The SMILES string of the molecule is CC(S)(CS)C(=O)OCCO. The van der Waals surface area contributed by atoms with Crippen LogP contribution in [0.2, 0.25) is 0 Å². The van der Waals surface area contributed by atoms with Crippen LogP contribution in [0.15, 0.2) is 0 Å². The van der Waals surface area contributed by atoms with Gasteiger partial charge < -0.3 is 9.84 Å². The lowest BCUT2D eigenvalue weighted by Gasteiger charge is -2.18. The van der Waals surface area contributed by atoms with Crippen LogP contribution in [0.5, 0.6) is 0 Å². The predicted molar refractivity (Wildman–Crippen MR) is 49.3 cm³/mol. The van der Waals surface area contributed by atoms with E-state index in [0.717, 1.165) is 0 Å². The van der Waals surface area contributed by atoms with Gasteiger partial charge in [-0.05, 0) is 6.92 Å². The molecule has 11 heavy (non-hydrogen) atoms. The van der Waals surface area contributed by atoms with Gasteiger partial charge >= 0.3 is 5.97 Å². The predicted octanol–water partition coefficient (Wildman–Crippen LogP) is 0.140. The second-order valence-electron chi connectivity index (χ2n) is 2.29. The van der Waals surface area contributed by atoms with E-state index in [2.05, 4.69) is 30.0 Å². The highest BCUT2D eigenvalue weighted by atomic mass is 32.1. The van der Waals surface area contributed by atoms with Crippen molar-refractivity contribution in [3.05, 3.63) is 0 Å². The van der Waals surface area contributed by atoms with E-state index in [1.165, 1.54) is 0 Å². The minimum Gasteiger partial charge on any atom is -0.462 e. The highest BCUT2D eigenvalue weighted by Gasteiger charge is 2.28. The zero-order chi connectivity index (χ0) is 8.91. The third-order valence-corrected chi connectivity index (χ3v) is 2.29. The number of hydrogen-bond acceptors (Lipinski definition) is 5. The van der Waals surface area contributed by atoms with Gasteiger partial charge in [-0.15, -0.1) is 0 Å². The van der Waals surface area contributed by atoms with E-state index in [0.29, 0.717) is 5.75 Å². The van der Waals surface area contributed by atoms with Gasteiger partial charge in [-0.2, -0.15) is 25.3 Å². The molecule has 0 aliphatic rings. The van der Waals surface area contributed by atoms with Crippen LogP contribution in [-0.2, 0) is 9.53 Å². The number of aliphatic hydroxyl groups is 1. The molecule has 1 atom stereocenters. The molecule has 0 bridgehead atoms. The lowest BCUT2D eigenvalue weighted by Crippen LogP contribution is -2.33. The van der Waals surface area contributed by atoms with Gasteiger partial charge in [-0.25, -0.2) is 0 Å². The fraction of sp³-hybridized carbons (Fsp3) is 0.833. The summed E-state index contributed by atoms with van der Waals surface area (Å²) in [5, 5.41) is 8.33. The van der Waals surface area contributed by atoms with E-state index < -0.39 is 10.7 Å². The second-order valence-corrected chi connectivity index (χ2v) is 3.59. The first-order chi connectivity index (χ1) is 5.04. The van der Waals surface area contributed by atoms with E-state index in [4.69, 9.17) is 5.11 Å². The fourth-order valence-electron chi connectivity index (χ4n) is 0.358. The molecule has 0 aromatic heterocycles. The summed E-state index contributed by atoms with van der Waals surface area (Å²) in [6.45, 7) is 1.47. The Balaban J connectivity index is 3.82. The summed E-state index contributed by atoms with van der Waals surface area (Å²) in [6.07, 6.45) is 0. The Morgan fingerprint density at radius 1 is 1.73 bits per heavy atom. The monoisotopic (exact) mass is 196 g/mol. The largest absolute Gasteiger partial charge is 0.462 e. The first kappa shape index (κ1) is 11.1. The molecule has 5 heteroatoms. The lowest BCUT2D eigenvalue weighted by atomic mass is 10.2. The van der Waals surface area contributed by atoms with Gasteiger partial charge in [0.2, 0.25) is 0 Å². The smallest absolute Gasteiger partial charge is 0.322 e. The number of esters is 1. The number of thiol groups is 2. The van der Waals surface area contributed by atoms with Crippen molar-refractivity contribution in [2.24, 2.45) is 0 Å². The molecule has 0 saturated heterocycles. The molecule has 0 aliphatic carbocycles. The van der Waals surface area contributed by atoms with Gasteiger partial charge in [0, 0.05) is 5.75 Å². The van der Waals surface area contributed by atoms with Crippen molar-refractivity contribution in [1.82, 2.24) is 0 Å². The topological polar surface area (TPSA) is 46.5 Å². The summed E-state index contributed by atoms with van der Waals surface area (Å²) in [5.74, 6) is -0.148. The molecule has 0 heterocycles. The van der Waals surface area contributed by atoms with Crippen molar-refractivity contribution in [3.63, 3.8) is 0 Å². The van der Waals surface area contributed by atoms with Crippen molar-refractivity contribution in [2.45, 2.75) is 11.7 Å². The Labute approximate surface area is 76.9 Å². The van der Waals surface area contributed by atoms with Crippen molar-refractivity contribution in [3.8, 4) is 0 Å². The van der Waals surface area contributed by atoms with Crippen LogP contribution in [0.4, 0.5) is 0 Å². The van der Waals surface area contributed by atoms with Crippen LogP contribution in [0.3, 0.4) is 0 Å². The molecular formula is C6H12O3S2. The number of hydrogen-bond donors (Lipinski definition) is 3. The molecule has 0 saturated carbocycles. The third kappa shape index (κ3) is 3.88. The highest BCUT2D eigenvalue weighted by molar-refractivity contribution is 7.86. The van der Waals surface area contributed by atoms with E-state index in [1.54, 1.807) is 6.92 Å². The Bertz CT molecular complexity index is 136. The van der Waals surface area contributed by atoms with E-state index in [1.807, 2.05) is 0 Å². The van der Waals surface area contributed by atoms with Crippen LogP contribution in [0.1, 0.15) is 6.92 Å². The quantitative estimate of drug-likeness (QED) is 0.443. The van der Waals surface area contributed by atoms with Crippen LogP contribution < -0.4 is 0 Å². The van der Waals surface area contributed by atoms with Crippen molar-refractivity contribution in [2.75, 3.05) is 19.0 Å². The summed E-state index contributed by atoms with van der Waals surface area (Å²) in [5.41, 5.74) is 0. The third-order valence-electron chi connectivity index (χ3n) is 1.07. The second kappa shape index (κ2) is 4.90. The van der Waals surface area contributed by atoms with E-state index in [-0.39, 0.29) is 13.2 Å². The van der Waals surface area contributed by atoms with Crippen LogP contribution in [0, 0.1) is 0 Å². The first-order valence-corrected chi connectivity index (χ1v) is 4.24. The molecule has 1 N–H and O–H groups in total. The summed E-state index contributed by atoms with van der Waals surface area (Å²) >= 11 is 7.94. The average Bonchev–Trinajstić information content (AvgIpc) is 2.00. The van der Waals surface area contributed by atoms with Crippen molar-refractivity contribution >= 4 is 31.2 Å². The molecular weight excluding hydrogens is 184 g/mol. The van der Waals surface area contributed by atoms with Gasteiger partial charge in [0.25, 0.3) is 0 Å². The van der Waals surface area contributed by atoms with Gasteiger partial charge in [0.1, 0.15) is 11.4 Å². The van der Waals surface area contributed by atoms with Gasteiger partial charge in [-0.3, -0.25) is 4.79 Å². The van der Waals surface area contributed by atoms with E-state index >= 15 is 0 Å². The fourth-order valence-corrected chi connectivity index (χ4v) is 0.552. The summed E-state index contributed by atoms with van der Waals surface area (Å²) in [6, 6.07) is 0. The lowest BCUT2D eigenvalue weighted by molar-refractivity contribution is -0.146. The molecule has 0 aliphatic heterocycles. The summed E-state index contributed by atoms with van der Waals surface area (Å²) in [4.78, 5) is 11.0. The Kier molecular flexibility index (Phi) is 4.96.